The Balaban J connectivity index is 3.87. The first-order valence-electron chi connectivity index (χ1n) is 2.17. The van der Waals surface area contributed by atoms with Crippen molar-refractivity contribution < 1.29 is 14.8 Å². The average molecular weight is 141 g/mol. The van der Waals surface area contributed by atoms with Gasteiger partial charge in [0.25, 0.3) is 0 Å². The molecule has 0 radical (unpaired) electrons. The van der Waals surface area contributed by atoms with E-state index in [1.54, 1.807) is 5.92 Å². The highest BCUT2D eigenvalue weighted by Crippen LogP contribution is 1.70. The van der Waals surface area contributed by atoms with E-state index in [4.69, 9.17) is 5.11 Å². The van der Waals surface area contributed by atoms with Crippen molar-refractivity contribution in [1.29, 1.82) is 0 Å². The van der Waals surface area contributed by atoms with Gasteiger partial charge in [0.05, 0.1) is 11.0 Å². The zero-order chi connectivity index (χ0) is 7.98. The van der Waals surface area contributed by atoms with Crippen molar-refractivity contribution in [2.75, 3.05) is 0 Å². The molecule has 0 aliphatic carbocycles. The Morgan fingerprint density at radius 2 is 2.30 bits per heavy atom. The molecular weight excluding hydrogens is 138 g/mol. The van der Waals surface area contributed by atoms with E-state index >= 15 is 0 Å². The van der Waals surface area contributed by atoms with Crippen molar-refractivity contribution >= 4 is 5.97 Å². The Morgan fingerprint density at radius 3 is 2.70 bits per heavy atom. The fourth-order valence-electron chi connectivity index (χ4n) is 0.202. The molecule has 0 aromatic rings. The SMILES string of the molecule is O=C(O)C#C/C=C/[N+](=O)[O-]. The van der Waals surface area contributed by atoms with Gasteiger partial charge in [-0.1, -0.05) is 5.92 Å². The minimum absolute atomic E-state index is 0.565. The van der Waals surface area contributed by atoms with E-state index in [-0.39, 0.29) is 0 Å². The third-order valence-electron chi connectivity index (χ3n) is 0.459. The van der Waals surface area contributed by atoms with Crippen LogP contribution in [0.25, 0.3) is 0 Å². The molecule has 0 atom stereocenters. The standard InChI is InChI=1S/C5H3NO4/c7-5(8)3-1-2-4-6(9)10/h2,4H,(H,7,8)/b4-2+. The molecule has 0 bridgehead atoms. The number of hydrogen-bond acceptors (Lipinski definition) is 3. The van der Waals surface area contributed by atoms with Crippen LogP contribution < -0.4 is 0 Å². The maximum atomic E-state index is 9.67. The van der Waals surface area contributed by atoms with Crippen molar-refractivity contribution in [3.05, 3.63) is 22.4 Å². The molecule has 0 aliphatic rings. The van der Waals surface area contributed by atoms with Crippen LogP contribution in [0.15, 0.2) is 12.3 Å². The van der Waals surface area contributed by atoms with Crippen LogP contribution in [-0.4, -0.2) is 16.0 Å². The summed E-state index contributed by atoms with van der Waals surface area (Å²) in [4.78, 5) is 18.5. The second kappa shape index (κ2) is 4.09. The van der Waals surface area contributed by atoms with Gasteiger partial charge < -0.3 is 5.11 Å². The fourth-order valence-corrected chi connectivity index (χ4v) is 0.202. The number of hydrogen-bond donors (Lipinski definition) is 1. The molecular formula is C5H3NO4. The molecule has 0 aromatic carbocycles. The lowest BCUT2D eigenvalue weighted by Crippen LogP contribution is -1.86. The molecule has 5 nitrogen and oxygen atoms in total. The van der Waals surface area contributed by atoms with E-state index in [9.17, 15) is 14.9 Å². The number of rotatable bonds is 1. The van der Waals surface area contributed by atoms with Crippen LogP contribution in [0.3, 0.4) is 0 Å². The molecule has 0 spiro atoms. The van der Waals surface area contributed by atoms with Gasteiger partial charge in [0, 0.05) is 5.92 Å². The minimum atomic E-state index is -1.31. The third kappa shape index (κ3) is 6.17. The molecule has 5 heteroatoms. The van der Waals surface area contributed by atoms with Gasteiger partial charge in [-0.2, -0.15) is 0 Å². The van der Waals surface area contributed by atoms with Crippen LogP contribution >= 0.6 is 0 Å². The van der Waals surface area contributed by atoms with Gasteiger partial charge in [0.15, 0.2) is 0 Å². The maximum Gasteiger partial charge on any atom is 0.382 e. The largest absolute Gasteiger partial charge is 0.472 e. The monoisotopic (exact) mass is 141 g/mol. The van der Waals surface area contributed by atoms with E-state index in [1.807, 2.05) is 5.92 Å². The number of aliphatic carboxylic acids is 1. The summed E-state index contributed by atoms with van der Waals surface area (Å²) in [7, 11) is 0. The Labute approximate surface area is 56.1 Å². The van der Waals surface area contributed by atoms with Crippen molar-refractivity contribution in [2.45, 2.75) is 0 Å². The Kier molecular flexibility index (Phi) is 3.34. The minimum Gasteiger partial charge on any atom is -0.472 e. The number of allylic oxidation sites excluding steroid dienone is 1. The van der Waals surface area contributed by atoms with Gasteiger partial charge in [0.2, 0.25) is 6.20 Å². The molecule has 1 N–H and O–H groups in total. The normalized spacial score (nSPS) is 8.40. The lowest BCUT2D eigenvalue weighted by atomic mass is 10.5. The Morgan fingerprint density at radius 1 is 1.70 bits per heavy atom. The average Bonchev–Trinajstić information content (AvgIpc) is 1.79. The summed E-state index contributed by atoms with van der Waals surface area (Å²) < 4.78 is 0. The highest BCUT2D eigenvalue weighted by molar-refractivity contribution is 5.86. The predicted molar refractivity (Wildman–Crippen MR) is 31.5 cm³/mol. The van der Waals surface area contributed by atoms with E-state index in [2.05, 4.69) is 0 Å². The fraction of sp³-hybridized carbons (Fsp3) is 0. The van der Waals surface area contributed by atoms with Crippen molar-refractivity contribution in [3.8, 4) is 11.8 Å². The van der Waals surface area contributed by atoms with Crippen molar-refractivity contribution in [1.82, 2.24) is 0 Å². The van der Waals surface area contributed by atoms with E-state index in [1.165, 1.54) is 0 Å². The van der Waals surface area contributed by atoms with Crippen LogP contribution in [0, 0.1) is 22.0 Å². The lowest BCUT2D eigenvalue weighted by Gasteiger charge is -1.70. The van der Waals surface area contributed by atoms with Gasteiger partial charge in [-0.05, 0) is 0 Å². The summed E-state index contributed by atoms with van der Waals surface area (Å²) in [5.41, 5.74) is 0. The van der Waals surface area contributed by atoms with Crippen LogP contribution in [0.2, 0.25) is 0 Å². The molecule has 0 fully saturated rings. The molecule has 52 valence electrons. The summed E-state index contributed by atoms with van der Waals surface area (Å²) >= 11 is 0. The topological polar surface area (TPSA) is 80.4 Å². The molecule has 0 saturated heterocycles. The molecule has 0 amide bonds. The molecule has 10 heavy (non-hydrogen) atoms. The lowest BCUT2D eigenvalue weighted by molar-refractivity contribution is -0.402. The smallest absolute Gasteiger partial charge is 0.382 e. The van der Waals surface area contributed by atoms with Gasteiger partial charge in [-0.25, -0.2) is 4.79 Å². The van der Waals surface area contributed by atoms with E-state index < -0.39 is 10.9 Å². The number of carbonyl (C=O) groups is 1. The number of nitrogens with zero attached hydrogens (tertiary/aromatic N) is 1. The van der Waals surface area contributed by atoms with Crippen LogP contribution in [0.4, 0.5) is 0 Å². The van der Waals surface area contributed by atoms with Crippen LogP contribution in [0.5, 0.6) is 0 Å². The number of nitro groups is 1. The zero-order valence-corrected chi connectivity index (χ0v) is 4.77. The summed E-state index contributed by atoms with van der Waals surface area (Å²) in [6, 6.07) is 0. The van der Waals surface area contributed by atoms with Gasteiger partial charge in [-0.15, -0.1) is 0 Å². The van der Waals surface area contributed by atoms with Gasteiger partial charge in [0.1, 0.15) is 0 Å². The quantitative estimate of drug-likeness (QED) is 0.313. The molecule has 0 unspecified atom stereocenters. The van der Waals surface area contributed by atoms with E-state index in [0.29, 0.717) is 6.20 Å². The zero-order valence-electron chi connectivity index (χ0n) is 4.77. The second-order valence-corrected chi connectivity index (χ2v) is 1.18. The molecule has 0 aliphatic heterocycles. The first-order valence-corrected chi connectivity index (χ1v) is 2.17. The molecule has 0 saturated carbocycles. The van der Waals surface area contributed by atoms with Crippen molar-refractivity contribution in [2.24, 2.45) is 0 Å². The summed E-state index contributed by atoms with van der Waals surface area (Å²) in [5.74, 6) is 2.31. The molecule has 0 heterocycles. The summed E-state index contributed by atoms with van der Waals surface area (Å²) in [5, 5.41) is 17.4. The van der Waals surface area contributed by atoms with E-state index in [0.717, 1.165) is 6.08 Å². The number of carboxylic acids is 1. The maximum absolute atomic E-state index is 9.67. The molecule has 0 rings (SSSR count). The molecule has 0 aromatic heterocycles. The van der Waals surface area contributed by atoms with Crippen LogP contribution in [-0.2, 0) is 4.79 Å². The third-order valence-corrected chi connectivity index (χ3v) is 0.459. The predicted octanol–water partition coefficient (Wildman–Crippen LogP) is -0.135. The number of carboxylic acid groups (broad SMARTS) is 1. The summed E-state index contributed by atoms with van der Waals surface area (Å²) in [6.45, 7) is 0. The Bertz CT molecular complexity index is 232. The van der Waals surface area contributed by atoms with Crippen molar-refractivity contribution in [3.63, 3.8) is 0 Å². The second-order valence-electron chi connectivity index (χ2n) is 1.18. The Hall–Kier alpha value is -1.83. The first kappa shape index (κ1) is 8.17. The highest BCUT2D eigenvalue weighted by Gasteiger charge is 1.81. The first-order chi connectivity index (χ1) is 4.63. The van der Waals surface area contributed by atoms with Gasteiger partial charge in [-0.3, -0.25) is 10.1 Å². The van der Waals surface area contributed by atoms with Crippen LogP contribution in [0.1, 0.15) is 0 Å². The highest BCUT2D eigenvalue weighted by atomic mass is 16.6. The summed E-state index contributed by atoms with van der Waals surface area (Å²) in [6.07, 6.45) is 1.42. The van der Waals surface area contributed by atoms with Gasteiger partial charge >= 0.3 is 5.97 Å².